The Bertz CT molecular complexity index is 926. The minimum absolute atomic E-state index is 0.187. The van der Waals surface area contributed by atoms with Crippen LogP contribution >= 0.6 is 11.3 Å². The van der Waals surface area contributed by atoms with Gasteiger partial charge in [0.1, 0.15) is 10.8 Å². The number of benzene rings is 1. The van der Waals surface area contributed by atoms with Crippen LogP contribution in [0.1, 0.15) is 44.5 Å². The number of amides is 1. The number of aryl methyl sites for hydroxylation is 2. The van der Waals surface area contributed by atoms with Gasteiger partial charge in [-0.2, -0.15) is 0 Å². The molecule has 1 aromatic carbocycles. The van der Waals surface area contributed by atoms with Gasteiger partial charge in [-0.3, -0.25) is 4.79 Å². The number of nitrogens with zero attached hydrogens (tertiary/aromatic N) is 5. The molecule has 6 nitrogen and oxygen atoms in total. The number of hydrogen-bond acceptors (Lipinski definition) is 5. The van der Waals surface area contributed by atoms with Gasteiger partial charge in [0.15, 0.2) is 5.69 Å². The Morgan fingerprint density at radius 3 is 2.81 bits per heavy atom. The molecule has 0 atom stereocenters. The van der Waals surface area contributed by atoms with Gasteiger partial charge in [0.05, 0.1) is 25.0 Å². The molecule has 27 heavy (non-hydrogen) atoms. The second-order valence-electron chi connectivity index (χ2n) is 6.77. The summed E-state index contributed by atoms with van der Waals surface area (Å²) in [7, 11) is 1.75. The first-order valence-electron chi connectivity index (χ1n) is 8.96. The summed E-state index contributed by atoms with van der Waals surface area (Å²) in [6.45, 7) is 0.908. The van der Waals surface area contributed by atoms with Crippen molar-refractivity contribution in [3.05, 3.63) is 63.1 Å². The number of rotatable bonds is 5. The molecule has 0 bridgehead atoms. The molecular weight excluding hydrogens is 365 g/mol. The van der Waals surface area contributed by atoms with E-state index in [0.717, 1.165) is 23.4 Å². The normalized spacial score (nSPS) is 13.4. The number of hydrogen-bond donors (Lipinski definition) is 0. The standard InChI is InChI=1S/C19H20FN5OS/c1-24(12-18-21-15-4-2-3-5-17(15)27-18)19(26)16-11-25(23-22-16)10-13-6-8-14(20)9-7-13/h6-9,11H,2-5,10,12H2,1H3. The van der Waals surface area contributed by atoms with Crippen molar-refractivity contribution in [2.45, 2.75) is 38.8 Å². The Balaban J connectivity index is 1.40. The van der Waals surface area contributed by atoms with Crippen LogP contribution in [0.15, 0.2) is 30.5 Å². The monoisotopic (exact) mass is 385 g/mol. The van der Waals surface area contributed by atoms with Crippen molar-refractivity contribution in [3.8, 4) is 0 Å². The maximum Gasteiger partial charge on any atom is 0.276 e. The number of aromatic nitrogens is 4. The second-order valence-corrected chi connectivity index (χ2v) is 7.94. The minimum Gasteiger partial charge on any atom is -0.333 e. The lowest BCUT2D eigenvalue weighted by atomic mass is 10.0. The lowest BCUT2D eigenvalue weighted by Gasteiger charge is -2.13. The molecule has 2 heterocycles. The van der Waals surface area contributed by atoms with Crippen LogP contribution in [0.2, 0.25) is 0 Å². The van der Waals surface area contributed by atoms with Gasteiger partial charge in [-0.25, -0.2) is 14.1 Å². The molecule has 0 radical (unpaired) electrons. The topological polar surface area (TPSA) is 63.9 Å². The van der Waals surface area contributed by atoms with E-state index in [1.165, 1.54) is 35.5 Å². The quantitative estimate of drug-likeness (QED) is 0.677. The number of fused-ring (bicyclic) bond motifs is 1. The maximum atomic E-state index is 13.0. The fourth-order valence-electron chi connectivity index (χ4n) is 3.19. The fraction of sp³-hybridized carbons (Fsp3) is 0.368. The smallest absolute Gasteiger partial charge is 0.276 e. The SMILES string of the molecule is CN(Cc1nc2c(s1)CCCC2)C(=O)c1cn(Cc2ccc(F)cc2)nn1. The van der Waals surface area contributed by atoms with E-state index in [2.05, 4.69) is 15.3 Å². The molecule has 3 aromatic rings. The van der Waals surface area contributed by atoms with Crippen molar-refractivity contribution in [1.82, 2.24) is 24.9 Å². The number of carbonyl (C=O) groups is 1. The van der Waals surface area contributed by atoms with Gasteiger partial charge < -0.3 is 4.90 Å². The van der Waals surface area contributed by atoms with Crippen LogP contribution in [-0.4, -0.2) is 37.8 Å². The molecule has 4 rings (SSSR count). The zero-order valence-corrected chi connectivity index (χ0v) is 15.9. The number of thiazole rings is 1. The summed E-state index contributed by atoms with van der Waals surface area (Å²) in [5, 5.41) is 8.97. The van der Waals surface area contributed by atoms with Gasteiger partial charge in [0.25, 0.3) is 5.91 Å². The largest absolute Gasteiger partial charge is 0.333 e. The predicted molar refractivity (Wildman–Crippen MR) is 100 cm³/mol. The first-order valence-corrected chi connectivity index (χ1v) is 9.77. The van der Waals surface area contributed by atoms with Gasteiger partial charge >= 0.3 is 0 Å². The first kappa shape index (κ1) is 17.8. The lowest BCUT2D eigenvalue weighted by Crippen LogP contribution is -2.26. The highest BCUT2D eigenvalue weighted by atomic mass is 32.1. The Kier molecular flexibility index (Phi) is 4.98. The molecule has 0 fully saturated rings. The molecule has 2 aromatic heterocycles. The number of carbonyl (C=O) groups excluding carboxylic acids is 1. The molecule has 1 amide bonds. The summed E-state index contributed by atoms with van der Waals surface area (Å²) in [5.74, 6) is -0.466. The summed E-state index contributed by atoms with van der Waals surface area (Å²) in [5.41, 5.74) is 2.38. The van der Waals surface area contributed by atoms with Crippen molar-refractivity contribution in [2.24, 2.45) is 0 Å². The molecular formula is C19H20FN5OS. The van der Waals surface area contributed by atoms with Crippen LogP contribution in [0.4, 0.5) is 4.39 Å². The zero-order valence-electron chi connectivity index (χ0n) is 15.1. The highest BCUT2D eigenvalue weighted by molar-refractivity contribution is 7.11. The van der Waals surface area contributed by atoms with E-state index in [-0.39, 0.29) is 11.7 Å². The molecule has 0 aliphatic heterocycles. The average molecular weight is 385 g/mol. The third-order valence-corrected chi connectivity index (χ3v) is 5.77. The van der Waals surface area contributed by atoms with Gasteiger partial charge in [-0.15, -0.1) is 16.4 Å². The fourth-order valence-corrected chi connectivity index (χ4v) is 4.40. The van der Waals surface area contributed by atoms with Crippen molar-refractivity contribution in [1.29, 1.82) is 0 Å². The molecule has 0 saturated heterocycles. The molecule has 0 spiro atoms. The molecule has 0 saturated carbocycles. The van der Waals surface area contributed by atoms with Crippen molar-refractivity contribution < 1.29 is 9.18 Å². The highest BCUT2D eigenvalue weighted by Crippen LogP contribution is 2.27. The molecule has 0 N–H and O–H groups in total. The Morgan fingerprint density at radius 2 is 2.04 bits per heavy atom. The van der Waals surface area contributed by atoms with Crippen LogP contribution in [0.3, 0.4) is 0 Å². The third-order valence-electron chi connectivity index (χ3n) is 4.62. The van der Waals surface area contributed by atoms with Crippen LogP contribution in [-0.2, 0) is 25.9 Å². The summed E-state index contributed by atoms with van der Waals surface area (Å²) in [6.07, 6.45) is 6.18. The van der Waals surface area contributed by atoms with Gasteiger partial charge in [-0.05, 0) is 43.4 Å². The minimum atomic E-state index is -0.279. The van der Waals surface area contributed by atoms with Crippen LogP contribution in [0, 0.1) is 5.82 Å². The summed E-state index contributed by atoms with van der Waals surface area (Å²) in [6, 6.07) is 6.18. The van der Waals surface area contributed by atoms with E-state index >= 15 is 0 Å². The lowest BCUT2D eigenvalue weighted by molar-refractivity contribution is 0.0779. The van der Waals surface area contributed by atoms with Gasteiger partial charge in [-0.1, -0.05) is 17.3 Å². The van der Waals surface area contributed by atoms with Crippen molar-refractivity contribution in [2.75, 3.05) is 7.05 Å². The Morgan fingerprint density at radius 1 is 1.26 bits per heavy atom. The Labute approximate surface area is 160 Å². The van der Waals surface area contributed by atoms with Crippen LogP contribution in [0.5, 0.6) is 0 Å². The van der Waals surface area contributed by atoms with E-state index in [9.17, 15) is 9.18 Å². The van der Waals surface area contributed by atoms with Gasteiger partial charge in [0, 0.05) is 11.9 Å². The molecule has 0 unspecified atom stereocenters. The van der Waals surface area contributed by atoms with E-state index in [4.69, 9.17) is 0 Å². The summed E-state index contributed by atoms with van der Waals surface area (Å²) in [4.78, 5) is 20.3. The van der Waals surface area contributed by atoms with Crippen LogP contribution < -0.4 is 0 Å². The molecule has 1 aliphatic rings. The van der Waals surface area contributed by atoms with E-state index in [1.54, 1.807) is 46.3 Å². The van der Waals surface area contributed by atoms with E-state index < -0.39 is 0 Å². The number of halogens is 1. The van der Waals surface area contributed by atoms with Crippen molar-refractivity contribution >= 4 is 17.2 Å². The van der Waals surface area contributed by atoms with E-state index in [0.29, 0.717) is 18.8 Å². The third kappa shape index (κ3) is 4.05. The zero-order chi connectivity index (χ0) is 18.8. The Hall–Kier alpha value is -2.61. The highest BCUT2D eigenvalue weighted by Gasteiger charge is 2.20. The molecule has 140 valence electrons. The predicted octanol–water partition coefficient (Wildman–Crippen LogP) is 3.07. The average Bonchev–Trinajstić information content (AvgIpc) is 3.29. The molecule has 8 heteroatoms. The van der Waals surface area contributed by atoms with Gasteiger partial charge in [0.2, 0.25) is 0 Å². The summed E-state index contributed by atoms with van der Waals surface area (Å²) < 4.78 is 14.6. The molecule has 1 aliphatic carbocycles. The van der Waals surface area contributed by atoms with Crippen LogP contribution in [0.25, 0.3) is 0 Å². The summed E-state index contributed by atoms with van der Waals surface area (Å²) >= 11 is 1.71. The first-order chi connectivity index (χ1) is 13.1. The van der Waals surface area contributed by atoms with E-state index in [1.807, 2.05) is 0 Å². The maximum absolute atomic E-state index is 13.0. The van der Waals surface area contributed by atoms with Crippen molar-refractivity contribution in [3.63, 3.8) is 0 Å². The second kappa shape index (κ2) is 7.56.